The summed E-state index contributed by atoms with van der Waals surface area (Å²) in [5, 5.41) is 3.95. The summed E-state index contributed by atoms with van der Waals surface area (Å²) in [5.74, 6) is 0.120. The van der Waals surface area contributed by atoms with E-state index in [4.69, 9.17) is 5.73 Å². The molecule has 0 aliphatic heterocycles. The summed E-state index contributed by atoms with van der Waals surface area (Å²) in [5.41, 5.74) is 6.17. The monoisotopic (exact) mass is 199 g/mol. The van der Waals surface area contributed by atoms with Crippen molar-refractivity contribution in [2.75, 3.05) is 6.54 Å². The Kier molecular flexibility index (Phi) is 3.63. The normalized spacial score (nSPS) is 15.9. The van der Waals surface area contributed by atoms with E-state index in [0.29, 0.717) is 12.1 Å². The largest absolute Gasteiger partial charge is 0.330 e. The van der Waals surface area contributed by atoms with Crippen LogP contribution in [0.15, 0.2) is 12.4 Å². The molecule has 2 unspecified atom stereocenters. The zero-order valence-electron chi connectivity index (χ0n) is 8.94. The number of hydrogen-bond donors (Lipinski definition) is 1. The van der Waals surface area contributed by atoms with Gasteiger partial charge in [0.1, 0.15) is 6.17 Å². The molecule has 0 amide bonds. The molecule has 0 fully saturated rings. The minimum Gasteiger partial charge on any atom is -0.330 e. The molecule has 0 aromatic carbocycles. The molecule has 1 aromatic rings. The third kappa shape index (κ3) is 2.32. The summed E-state index contributed by atoms with van der Waals surface area (Å²) >= 11 is 0. The van der Waals surface area contributed by atoms with Gasteiger partial charge in [0.15, 0.2) is 0 Å². The van der Waals surface area contributed by atoms with Crippen LogP contribution in [0.1, 0.15) is 25.6 Å². The summed E-state index contributed by atoms with van der Waals surface area (Å²) in [4.78, 5) is 0. The van der Waals surface area contributed by atoms with E-state index >= 15 is 0 Å². The maximum absolute atomic E-state index is 13.9. The molecule has 2 atom stereocenters. The van der Waals surface area contributed by atoms with Crippen LogP contribution in [0.5, 0.6) is 0 Å². The number of aromatic nitrogens is 2. The minimum atomic E-state index is -1.01. The van der Waals surface area contributed by atoms with Crippen molar-refractivity contribution in [3.05, 3.63) is 18.0 Å². The van der Waals surface area contributed by atoms with Gasteiger partial charge < -0.3 is 5.73 Å². The Morgan fingerprint density at radius 1 is 1.57 bits per heavy atom. The maximum atomic E-state index is 13.9. The second-order valence-electron chi connectivity index (χ2n) is 3.99. The van der Waals surface area contributed by atoms with Gasteiger partial charge in [-0.15, -0.1) is 0 Å². The standard InChI is InChI=1S/C10H18FN3/c1-7(2)9(4-12)10(11)8-5-13-14(3)6-8/h5-7,9-10H,4,12H2,1-3H3. The molecule has 80 valence electrons. The topological polar surface area (TPSA) is 43.8 Å². The molecule has 0 aliphatic carbocycles. The maximum Gasteiger partial charge on any atom is 0.132 e. The van der Waals surface area contributed by atoms with Gasteiger partial charge in [-0.1, -0.05) is 13.8 Å². The van der Waals surface area contributed by atoms with Crippen molar-refractivity contribution >= 4 is 0 Å². The fourth-order valence-corrected chi connectivity index (χ4v) is 1.56. The second-order valence-corrected chi connectivity index (χ2v) is 3.99. The van der Waals surface area contributed by atoms with Crippen LogP contribution in [0.4, 0.5) is 4.39 Å². The van der Waals surface area contributed by atoms with Crippen molar-refractivity contribution in [1.82, 2.24) is 9.78 Å². The number of nitrogens with two attached hydrogens (primary N) is 1. The molecule has 0 saturated heterocycles. The molecule has 3 nitrogen and oxygen atoms in total. The van der Waals surface area contributed by atoms with Crippen molar-refractivity contribution < 1.29 is 4.39 Å². The van der Waals surface area contributed by atoms with Crippen LogP contribution in [0.3, 0.4) is 0 Å². The van der Waals surface area contributed by atoms with E-state index in [1.807, 2.05) is 13.8 Å². The van der Waals surface area contributed by atoms with Gasteiger partial charge in [0.05, 0.1) is 6.20 Å². The summed E-state index contributed by atoms with van der Waals surface area (Å²) < 4.78 is 15.5. The Bertz CT molecular complexity index is 283. The third-order valence-electron chi connectivity index (χ3n) is 2.55. The highest BCUT2D eigenvalue weighted by molar-refractivity contribution is 5.09. The van der Waals surface area contributed by atoms with Gasteiger partial charge in [0, 0.05) is 24.7 Å². The molecule has 1 heterocycles. The number of nitrogens with zero attached hydrogens (tertiary/aromatic N) is 2. The van der Waals surface area contributed by atoms with Crippen molar-refractivity contribution in [2.24, 2.45) is 24.6 Å². The van der Waals surface area contributed by atoms with Crippen LogP contribution in [-0.4, -0.2) is 16.3 Å². The molecule has 1 aromatic heterocycles. The quantitative estimate of drug-likeness (QED) is 0.801. The van der Waals surface area contributed by atoms with Crippen LogP contribution in [0.25, 0.3) is 0 Å². The number of halogens is 1. The summed E-state index contributed by atoms with van der Waals surface area (Å²) in [6, 6.07) is 0. The average molecular weight is 199 g/mol. The molecule has 14 heavy (non-hydrogen) atoms. The molecular formula is C10H18FN3. The summed E-state index contributed by atoms with van der Waals surface area (Å²) in [6.45, 7) is 4.34. The molecular weight excluding hydrogens is 181 g/mol. The van der Waals surface area contributed by atoms with Crippen LogP contribution in [0.2, 0.25) is 0 Å². The molecule has 0 radical (unpaired) electrons. The fourth-order valence-electron chi connectivity index (χ4n) is 1.56. The van der Waals surface area contributed by atoms with Gasteiger partial charge in [-0.2, -0.15) is 5.10 Å². The van der Waals surface area contributed by atoms with E-state index in [2.05, 4.69) is 5.10 Å². The molecule has 0 saturated carbocycles. The first-order chi connectivity index (χ1) is 6.56. The minimum absolute atomic E-state index is 0.126. The van der Waals surface area contributed by atoms with Crippen molar-refractivity contribution in [3.63, 3.8) is 0 Å². The molecule has 1 rings (SSSR count). The third-order valence-corrected chi connectivity index (χ3v) is 2.55. The SMILES string of the molecule is CC(C)C(CN)C(F)c1cnn(C)c1. The van der Waals surface area contributed by atoms with E-state index < -0.39 is 6.17 Å². The second kappa shape index (κ2) is 4.55. The van der Waals surface area contributed by atoms with Crippen molar-refractivity contribution in [3.8, 4) is 0 Å². The number of hydrogen-bond acceptors (Lipinski definition) is 2. The Hall–Kier alpha value is -0.900. The number of aryl methyl sites for hydroxylation is 1. The summed E-state index contributed by atoms with van der Waals surface area (Å²) in [7, 11) is 1.78. The number of alkyl halides is 1. The predicted octanol–water partition coefficient (Wildman–Crippen LogP) is 1.66. The lowest BCUT2D eigenvalue weighted by atomic mass is 9.89. The smallest absolute Gasteiger partial charge is 0.132 e. The van der Waals surface area contributed by atoms with Crippen molar-refractivity contribution in [2.45, 2.75) is 20.0 Å². The average Bonchev–Trinajstić information content (AvgIpc) is 2.52. The van der Waals surface area contributed by atoms with Crippen LogP contribution < -0.4 is 5.73 Å². The van der Waals surface area contributed by atoms with Crippen LogP contribution >= 0.6 is 0 Å². The first-order valence-electron chi connectivity index (χ1n) is 4.89. The van der Waals surface area contributed by atoms with Gasteiger partial charge in [-0.25, -0.2) is 4.39 Å². The van der Waals surface area contributed by atoms with E-state index in [-0.39, 0.29) is 11.8 Å². The van der Waals surface area contributed by atoms with Crippen molar-refractivity contribution in [1.29, 1.82) is 0 Å². The predicted molar refractivity (Wildman–Crippen MR) is 54.4 cm³/mol. The first-order valence-corrected chi connectivity index (χ1v) is 4.89. The van der Waals surface area contributed by atoms with Crippen LogP contribution in [0, 0.1) is 11.8 Å². The molecule has 0 aliphatic rings. The molecule has 2 N–H and O–H groups in total. The van der Waals surface area contributed by atoms with E-state index in [0.717, 1.165) is 0 Å². The zero-order valence-corrected chi connectivity index (χ0v) is 8.94. The lowest BCUT2D eigenvalue weighted by molar-refractivity contribution is 0.188. The van der Waals surface area contributed by atoms with E-state index in [9.17, 15) is 4.39 Å². The Labute approximate surface area is 84.1 Å². The molecule has 0 bridgehead atoms. The number of rotatable bonds is 4. The molecule has 4 heteroatoms. The lowest BCUT2D eigenvalue weighted by Crippen LogP contribution is -2.24. The highest BCUT2D eigenvalue weighted by atomic mass is 19.1. The highest BCUT2D eigenvalue weighted by Gasteiger charge is 2.25. The zero-order chi connectivity index (χ0) is 10.7. The van der Waals surface area contributed by atoms with E-state index in [1.165, 1.54) is 0 Å². The first kappa shape index (κ1) is 11.2. The van der Waals surface area contributed by atoms with Gasteiger partial charge in [-0.05, 0) is 12.5 Å². The Balaban J connectivity index is 2.77. The van der Waals surface area contributed by atoms with Gasteiger partial charge in [-0.3, -0.25) is 4.68 Å². The van der Waals surface area contributed by atoms with Gasteiger partial charge >= 0.3 is 0 Å². The van der Waals surface area contributed by atoms with Gasteiger partial charge in [0.2, 0.25) is 0 Å². The van der Waals surface area contributed by atoms with Gasteiger partial charge in [0.25, 0.3) is 0 Å². The summed E-state index contributed by atoms with van der Waals surface area (Å²) in [6.07, 6.45) is 2.26. The molecule has 0 spiro atoms. The fraction of sp³-hybridized carbons (Fsp3) is 0.700. The lowest BCUT2D eigenvalue weighted by Gasteiger charge is -2.21. The van der Waals surface area contributed by atoms with Crippen LogP contribution in [-0.2, 0) is 7.05 Å². The Morgan fingerprint density at radius 3 is 2.57 bits per heavy atom. The van der Waals surface area contributed by atoms with E-state index in [1.54, 1.807) is 24.1 Å². The highest BCUT2D eigenvalue weighted by Crippen LogP contribution is 2.30. The Morgan fingerprint density at radius 2 is 2.21 bits per heavy atom.